The number of fused-ring (bicyclic) bond motifs is 2. The van der Waals surface area contributed by atoms with Gasteiger partial charge >= 0.3 is 0 Å². The summed E-state index contributed by atoms with van der Waals surface area (Å²) in [6.45, 7) is 0.554. The predicted octanol–water partition coefficient (Wildman–Crippen LogP) is 5.82. The molecular formula is C29H24N6O. The zero-order valence-corrected chi connectivity index (χ0v) is 19.5. The number of benzene rings is 3. The van der Waals surface area contributed by atoms with Crippen LogP contribution in [0.3, 0.4) is 0 Å². The van der Waals surface area contributed by atoms with Gasteiger partial charge in [0.2, 0.25) is 5.95 Å². The van der Waals surface area contributed by atoms with Crippen LogP contribution >= 0.6 is 0 Å². The second-order valence-corrected chi connectivity index (χ2v) is 8.61. The topological polar surface area (TPSA) is 98.5 Å². The van der Waals surface area contributed by atoms with Crippen molar-refractivity contribution in [1.82, 2.24) is 25.3 Å². The number of nitrogens with one attached hydrogen (secondary N) is 4. The van der Waals surface area contributed by atoms with Crippen LogP contribution in [0, 0.1) is 0 Å². The lowest BCUT2D eigenvalue weighted by Crippen LogP contribution is -2.25. The highest BCUT2D eigenvalue weighted by Gasteiger charge is 2.11. The normalized spacial score (nSPS) is 11.1. The molecule has 7 heteroatoms. The van der Waals surface area contributed by atoms with Crippen molar-refractivity contribution in [3.8, 4) is 11.3 Å². The van der Waals surface area contributed by atoms with Gasteiger partial charge in [0.25, 0.3) is 5.91 Å². The van der Waals surface area contributed by atoms with E-state index >= 15 is 0 Å². The SMILES string of the molecule is O=C(NCCc1c[nH]c2ccccc12)c1cc2cc(Nc3nccc(-c4ccccc4)n3)ccc2[nH]1. The van der Waals surface area contributed by atoms with E-state index in [4.69, 9.17) is 0 Å². The van der Waals surface area contributed by atoms with Crippen molar-refractivity contribution in [3.63, 3.8) is 0 Å². The zero-order chi connectivity index (χ0) is 24.3. The second kappa shape index (κ2) is 9.38. The number of H-pyrrole nitrogens is 2. The van der Waals surface area contributed by atoms with Crippen LogP contribution in [0.4, 0.5) is 11.6 Å². The van der Waals surface area contributed by atoms with Crippen molar-refractivity contribution in [2.75, 3.05) is 11.9 Å². The van der Waals surface area contributed by atoms with Crippen LogP contribution in [-0.4, -0.2) is 32.4 Å². The van der Waals surface area contributed by atoms with E-state index < -0.39 is 0 Å². The van der Waals surface area contributed by atoms with Crippen LogP contribution in [0.5, 0.6) is 0 Å². The van der Waals surface area contributed by atoms with E-state index in [2.05, 4.69) is 42.7 Å². The third kappa shape index (κ3) is 4.42. The smallest absolute Gasteiger partial charge is 0.267 e. The number of para-hydroxylation sites is 1. The number of aromatic amines is 2. The summed E-state index contributed by atoms with van der Waals surface area (Å²) < 4.78 is 0. The van der Waals surface area contributed by atoms with Crippen LogP contribution in [0.2, 0.25) is 0 Å². The van der Waals surface area contributed by atoms with Crippen LogP contribution in [-0.2, 0) is 6.42 Å². The Morgan fingerprint density at radius 2 is 1.75 bits per heavy atom. The molecule has 6 rings (SSSR count). The molecule has 0 spiro atoms. The number of carbonyl (C=O) groups is 1. The number of rotatable bonds is 7. The Morgan fingerprint density at radius 3 is 2.67 bits per heavy atom. The second-order valence-electron chi connectivity index (χ2n) is 8.61. The van der Waals surface area contributed by atoms with Gasteiger partial charge in [-0.1, -0.05) is 48.5 Å². The lowest BCUT2D eigenvalue weighted by molar-refractivity contribution is 0.0950. The highest BCUT2D eigenvalue weighted by Crippen LogP contribution is 2.24. The minimum absolute atomic E-state index is 0.126. The van der Waals surface area contributed by atoms with Gasteiger partial charge in [0.1, 0.15) is 5.69 Å². The molecule has 0 fully saturated rings. The van der Waals surface area contributed by atoms with Crippen molar-refractivity contribution in [3.05, 3.63) is 109 Å². The number of carbonyl (C=O) groups excluding carboxylic acids is 1. The summed E-state index contributed by atoms with van der Waals surface area (Å²) in [5, 5.41) is 8.41. The number of nitrogens with zero attached hydrogens (tertiary/aromatic N) is 2. The molecule has 0 aliphatic heterocycles. The van der Waals surface area contributed by atoms with Gasteiger partial charge in [-0.25, -0.2) is 9.97 Å². The van der Waals surface area contributed by atoms with Crippen LogP contribution < -0.4 is 10.6 Å². The molecule has 3 aromatic heterocycles. The molecule has 0 radical (unpaired) electrons. The van der Waals surface area contributed by atoms with Crippen LogP contribution in [0.1, 0.15) is 16.1 Å². The lowest BCUT2D eigenvalue weighted by atomic mass is 10.1. The minimum atomic E-state index is -0.126. The van der Waals surface area contributed by atoms with Crippen molar-refractivity contribution in [1.29, 1.82) is 0 Å². The van der Waals surface area contributed by atoms with E-state index in [1.807, 2.05) is 79.0 Å². The first-order chi connectivity index (χ1) is 17.7. The molecule has 0 saturated carbocycles. The molecule has 0 aliphatic carbocycles. The summed E-state index contributed by atoms with van der Waals surface area (Å²) in [6, 6.07) is 27.8. The fourth-order valence-corrected chi connectivity index (χ4v) is 4.39. The van der Waals surface area contributed by atoms with Crippen molar-refractivity contribution >= 4 is 39.3 Å². The molecule has 0 saturated heterocycles. The van der Waals surface area contributed by atoms with Gasteiger partial charge < -0.3 is 20.6 Å². The van der Waals surface area contributed by atoms with Gasteiger partial charge in [-0.2, -0.15) is 0 Å². The fourth-order valence-electron chi connectivity index (χ4n) is 4.39. The van der Waals surface area contributed by atoms with Crippen molar-refractivity contribution < 1.29 is 4.79 Å². The van der Waals surface area contributed by atoms with Crippen molar-refractivity contribution in [2.24, 2.45) is 0 Å². The van der Waals surface area contributed by atoms with Gasteiger partial charge in [-0.3, -0.25) is 4.79 Å². The summed E-state index contributed by atoms with van der Waals surface area (Å²) in [5.41, 5.74) is 6.45. The summed E-state index contributed by atoms with van der Waals surface area (Å²) in [6.07, 6.45) is 4.50. The molecule has 3 aromatic carbocycles. The number of hydrogen-bond donors (Lipinski definition) is 4. The van der Waals surface area contributed by atoms with Crippen LogP contribution in [0.15, 0.2) is 97.3 Å². The molecule has 36 heavy (non-hydrogen) atoms. The summed E-state index contributed by atoms with van der Waals surface area (Å²) in [4.78, 5) is 28.2. The average molecular weight is 473 g/mol. The molecule has 176 valence electrons. The molecule has 7 nitrogen and oxygen atoms in total. The lowest BCUT2D eigenvalue weighted by Gasteiger charge is -2.07. The van der Waals surface area contributed by atoms with E-state index in [9.17, 15) is 4.79 Å². The monoisotopic (exact) mass is 472 g/mol. The number of hydrogen-bond acceptors (Lipinski definition) is 4. The van der Waals surface area contributed by atoms with E-state index in [0.29, 0.717) is 18.2 Å². The Labute approximate surface area is 207 Å². The Morgan fingerprint density at radius 1 is 0.889 bits per heavy atom. The number of anilines is 2. The first-order valence-electron chi connectivity index (χ1n) is 11.8. The van der Waals surface area contributed by atoms with Crippen molar-refractivity contribution in [2.45, 2.75) is 6.42 Å². The third-order valence-electron chi connectivity index (χ3n) is 6.20. The molecule has 6 aromatic rings. The number of aromatic nitrogens is 4. The highest BCUT2D eigenvalue weighted by molar-refractivity contribution is 5.98. The summed E-state index contributed by atoms with van der Waals surface area (Å²) >= 11 is 0. The first kappa shape index (κ1) is 21.6. The van der Waals surface area contributed by atoms with E-state index in [0.717, 1.165) is 39.8 Å². The number of amides is 1. The predicted molar refractivity (Wildman–Crippen MR) is 143 cm³/mol. The summed E-state index contributed by atoms with van der Waals surface area (Å²) in [7, 11) is 0. The van der Waals surface area contributed by atoms with Crippen LogP contribution in [0.25, 0.3) is 33.1 Å². The molecule has 3 heterocycles. The van der Waals surface area contributed by atoms with E-state index in [1.54, 1.807) is 6.20 Å². The van der Waals surface area contributed by atoms with E-state index in [-0.39, 0.29) is 5.91 Å². The third-order valence-corrected chi connectivity index (χ3v) is 6.20. The molecule has 0 aliphatic rings. The van der Waals surface area contributed by atoms with Gasteiger partial charge in [-0.15, -0.1) is 0 Å². The van der Waals surface area contributed by atoms with Gasteiger partial charge in [0, 0.05) is 52.0 Å². The largest absolute Gasteiger partial charge is 0.361 e. The Hall–Kier alpha value is -4.91. The maximum atomic E-state index is 12.8. The first-order valence-corrected chi connectivity index (χ1v) is 11.8. The maximum Gasteiger partial charge on any atom is 0.267 e. The maximum absolute atomic E-state index is 12.8. The highest BCUT2D eigenvalue weighted by atomic mass is 16.1. The van der Waals surface area contributed by atoms with Gasteiger partial charge in [0.05, 0.1) is 5.69 Å². The molecule has 4 N–H and O–H groups in total. The summed E-state index contributed by atoms with van der Waals surface area (Å²) in [5.74, 6) is 0.390. The average Bonchev–Trinajstić information content (AvgIpc) is 3.53. The van der Waals surface area contributed by atoms with Gasteiger partial charge in [0.15, 0.2) is 0 Å². The zero-order valence-electron chi connectivity index (χ0n) is 19.5. The standard InChI is InChI=1S/C29H24N6O/c36-28(30-14-12-20-18-32-26-9-5-4-8-23(20)26)27-17-21-16-22(10-11-24(21)34-27)33-29-31-15-13-25(35-29)19-6-2-1-3-7-19/h1-11,13,15-18,32,34H,12,14H2,(H,30,36)(H,31,33,35). The quantitative estimate of drug-likeness (QED) is 0.235. The van der Waals surface area contributed by atoms with E-state index in [1.165, 1.54) is 10.9 Å². The molecular weight excluding hydrogens is 448 g/mol. The molecule has 0 unspecified atom stereocenters. The molecule has 1 amide bonds. The van der Waals surface area contributed by atoms with Gasteiger partial charge in [-0.05, 0) is 48.4 Å². The Kier molecular flexibility index (Phi) is 5.63. The minimum Gasteiger partial charge on any atom is -0.361 e. The Bertz CT molecular complexity index is 1670. The molecule has 0 bridgehead atoms. The fraction of sp³-hybridized carbons (Fsp3) is 0.0690. The Balaban J connectivity index is 1.13. The molecule has 0 atom stereocenters.